The van der Waals surface area contributed by atoms with Gasteiger partial charge in [-0.3, -0.25) is 5.32 Å². The number of anilines is 1. The quantitative estimate of drug-likeness (QED) is 0.359. The second kappa shape index (κ2) is 7.81. The first kappa shape index (κ1) is 20.1. The molecule has 3 aromatic heterocycles. The fraction of sp³-hybridized carbons (Fsp3) is 0.348. The smallest absolute Gasteiger partial charge is 0.229 e. The molecule has 0 saturated heterocycles. The molecule has 4 aromatic rings. The summed E-state index contributed by atoms with van der Waals surface area (Å²) in [6.45, 7) is 2.79. The van der Waals surface area contributed by atoms with E-state index in [1.165, 1.54) is 0 Å². The number of nitrogens with zero attached hydrogens (tertiary/aromatic N) is 3. The van der Waals surface area contributed by atoms with Crippen molar-refractivity contribution >= 4 is 49.6 Å². The van der Waals surface area contributed by atoms with Crippen LogP contribution < -0.4 is 15.4 Å². The zero-order valence-electron chi connectivity index (χ0n) is 17.5. The number of hydrogen-bond donors (Lipinski definition) is 3. The van der Waals surface area contributed by atoms with Gasteiger partial charge in [-0.1, -0.05) is 0 Å². The number of pyridine rings is 1. The molecule has 3 N–H and O–H groups in total. The fourth-order valence-electron chi connectivity index (χ4n) is 4.60. The first-order valence-corrected chi connectivity index (χ1v) is 12.0. The fourth-order valence-corrected chi connectivity index (χ4v) is 5.92. The molecule has 4 heterocycles. The maximum Gasteiger partial charge on any atom is 0.229 e. The molecule has 0 saturated carbocycles. The Morgan fingerprint density at radius 2 is 2.00 bits per heavy atom. The normalized spacial score (nSPS) is 20.5. The Balaban J connectivity index is 1.43. The van der Waals surface area contributed by atoms with Gasteiger partial charge in [-0.15, -0.1) is 11.3 Å². The van der Waals surface area contributed by atoms with E-state index >= 15 is 0 Å². The predicted molar refractivity (Wildman–Crippen MR) is 127 cm³/mol. The molecule has 1 aliphatic heterocycles. The van der Waals surface area contributed by atoms with Gasteiger partial charge >= 0.3 is 0 Å². The molecule has 0 bridgehead atoms. The van der Waals surface area contributed by atoms with Crippen molar-refractivity contribution in [3.63, 3.8) is 0 Å². The van der Waals surface area contributed by atoms with Gasteiger partial charge < -0.3 is 15.2 Å². The van der Waals surface area contributed by atoms with Crippen LogP contribution in [0, 0.1) is 0 Å². The average molecular weight is 468 g/mol. The maximum absolute atomic E-state index is 10.6. The zero-order chi connectivity index (χ0) is 21.8. The summed E-state index contributed by atoms with van der Waals surface area (Å²) in [6, 6.07) is 8.10. The number of fused-ring (bicyclic) bond motifs is 6. The number of aromatic nitrogens is 3. The molecular formula is C23H22ClN5O2S. The molecule has 32 heavy (non-hydrogen) atoms. The van der Waals surface area contributed by atoms with Crippen molar-refractivity contribution in [2.24, 2.45) is 0 Å². The second-order valence-electron chi connectivity index (χ2n) is 8.38. The van der Waals surface area contributed by atoms with Crippen molar-refractivity contribution in [1.29, 1.82) is 0 Å². The first-order valence-electron chi connectivity index (χ1n) is 10.8. The molecule has 164 valence electrons. The van der Waals surface area contributed by atoms with Crippen LogP contribution in [0.5, 0.6) is 11.8 Å². The number of rotatable bonds is 2. The van der Waals surface area contributed by atoms with Crippen LogP contribution in [0.3, 0.4) is 0 Å². The van der Waals surface area contributed by atoms with E-state index in [1.807, 2.05) is 18.2 Å². The van der Waals surface area contributed by atoms with Crippen molar-refractivity contribution < 1.29 is 9.84 Å². The number of hydrogen-bond acceptors (Lipinski definition) is 8. The topological polar surface area (TPSA) is 92.2 Å². The van der Waals surface area contributed by atoms with E-state index in [9.17, 15) is 5.11 Å². The highest BCUT2D eigenvalue weighted by Gasteiger charge is 2.25. The van der Waals surface area contributed by atoms with Gasteiger partial charge in [0.2, 0.25) is 17.0 Å². The van der Waals surface area contributed by atoms with E-state index in [1.54, 1.807) is 11.3 Å². The van der Waals surface area contributed by atoms with Crippen LogP contribution in [-0.4, -0.2) is 32.6 Å². The number of aliphatic hydroxyl groups is 1. The van der Waals surface area contributed by atoms with Gasteiger partial charge in [0.05, 0.1) is 21.8 Å². The predicted octanol–water partition coefficient (Wildman–Crippen LogP) is 4.96. The van der Waals surface area contributed by atoms with Crippen molar-refractivity contribution in [3.05, 3.63) is 45.7 Å². The summed E-state index contributed by atoms with van der Waals surface area (Å²) in [5.41, 5.74) is 3.81. The largest absolute Gasteiger partial charge is 0.420 e. The number of aryl methyl sites for hydroxylation is 1. The first-order chi connectivity index (χ1) is 15.6. The number of thiophene rings is 1. The van der Waals surface area contributed by atoms with E-state index in [2.05, 4.69) is 33.6 Å². The van der Waals surface area contributed by atoms with Gasteiger partial charge in [0.25, 0.3) is 0 Å². The third-order valence-corrected chi connectivity index (χ3v) is 7.50. The lowest BCUT2D eigenvalue weighted by Crippen LogP contribution is -2.32. The summed E-state index contributed by atoms with van der Waals surface area (Å²) in [5, 5.41) is 19.6. The lowest BCUT2D eigenvalue weighted by molar-refractivity contribution is 0.134. The molecule has 0 spiro atoms. The summed E-state index contributed by atoms with van der Waals surface area (Å²) in [6.07, 6.45) is 3.29. The number of ether oxygens (including phenoxy) is 1. The maximum atomic E-state index is 10.6. The van der Waals surface area contributed by atoms with Crippen molar-refractivity contribution in [1.82, 2.24) is 20.3 Å². The van der Waals surface area contributed by atoms with Gasteiger partial charge in [0.15, 0.2) is 0 Å². The lowest BCUT2D eigenvalue weighted by Gasteiger charge is -2.17. The minimum Gasteiger partial charge on any atom is -0.420 e. The zero-order valence-corrected chi connectivity index (χ0v) is 19.1. The molecule has 6 rings (SSSR count). The molecule has 1 unspecified atom stereocenters. The Labute approximate surface area is 193 Å². The van der Waals surface area contributed by atoms with Gasteiger partial charge in [0.1, 0.15) is 6.23 Å². The van der Waals surface area contributed by atoms with Crippen molar-refractivity contribution in [2.75, 3.05) is 11.9 Å². The van der Waals surface area contributed by atoms with Gasteiger partial charge in [0, 0.05) is 39.7 Å². The third-order valence-electron chi connectivity index (χ3n) is 6.12. The molecule has 0 amide bonds. The van der Waals surface area contributed by atoms with Crippen LogP contribution in [0.2, 0.25) is 5.28 Å². The Morgan fingerprint density at radius 1 is 1.12 bits per heavy atom. The molecule has 0 fully saturated rings. The lowest BCUT2D eigenvalue weighted by atomic mass is 9.97. The highest BCUT2D eigenvalue weighted by atomic mass is 35.5. The standard InChI is InChI=1S/C23H22ClN5O2S/c1-11-10-25-19-18-12-6-9-17(27-15(12)7-8-16(18)32-20(19)21(30)26-11)31-22-13-4-2-3-5-14(13)28-23(24)29-22/h6-9,11,21,25-26,30H,2-5,10H2,1H3/t11-,21?/m1/s1. The monoisotopic (exact) mass is 467 g/mol. The van der Waals surface area contributed by atoms with Crippen LogP contribution in [0.1, 0.15) is 42.1 Å². The Kier molecular flexibility index (Phi) is 4.91. The SMILES string of the molecule is C[C@@H]1CNc2c(sc3ccc4nc(Oc5nc(Cl)nc6c5CCCC6)ccc4c23)C(O)N1. The number of aliphatic hydroxyl groups excluding tert-OH is 1. The molecule has 9 heteroatoms. The van der Waals surface area contributed by atoms with Crippen LogP contribution in [0.15, 0.2) is 24.3 Å². The van der Waals surface area contributed by atoms with Crippen LogP contribution in [0.25, 0.3) is 21.0 Å². The van der Waals surface area contributed by atoms with E-state index in [0.29, 0.717) is 11.8 Å². The number of benzene rings is 1. The third kappa shape index (κ3) is 3.38. The van der Waals surface area contributed by atoms with Gasteiger partial charge in [-0.05, 0) is 62.4 Å². The molecule has 7 nitrogen and oxygen atoms in total. The molecular weight excluding hydrogens is 446 g/mol. The summed E-state index contributed by atoms with van der Waals surface area (Å²) < 4.78 is 7.22. The van der Waals surface area contributed by atoms with E-state index < -0.39 is 6.23 Å². The summed E-state index contributed by atoms with van der Waals surface area (Å²) in [4.78, 5) is 14.4. The second-order valence-corrected chi connectivity index (χ2v) is 9.80. The van der Waals surface area contributed by atoms with Crippen LogP contribution in [-0.2, 0) is 12.8 Å². The highest BCUT2D eigenvalue weighted by molar-refractivity contribution is 7.20. The summed E-state index contributed by atoms with van der Waals surface area (Å²) in [7, 11) is 0. The Morgan fingerprint density at radius 3 is 2.91 bits per heavy atom. The van der Waals surface area contributed by atoms with Gasteiger partial charge in [-0.2, -0.15) is 4.98 Å². The Bertz CT molecular complexity index is 1360. The minimum atomic E-state index is -0.688. The van der Waals surface area contributed by atoms with E-state index in [-0.39, 0.29) is 11.3 Å². The Hall–Kier alpha value is -2.52. The van der Waals surface area contributed by atoms with Crippen LogP contribution >= 0.6 is 22.9 Å². The molecule has 1 aliphatic carbocycles. The minimum absolute atomic E-state index is 0.165. The number of halogens is 1. The van der Waals surface area contributed by atoms with Crippen molar-refractivity contribution in [3.8, 4) is 11.8 Å². The van der Waals surface area contributed by atoms with Gasteiger partial charge in [-0.25, -0.2) is 9.97 Å². The summed E-state index contributed by atoms with van der Waals surface area (Å²) >= 11 is 7.74. The molecule has 0 radical (unpaired) electrons. The highest BCUT2D eigenvalue weighted by Crippen LogP contribution is 2.43. The molecule has 2 atom stereocenters. The van der Waals surface area contributed by atoms with Crippen molar-refractivity contribution in [2.45, 2.75) is 44.9 Å². The van der Waals surface area contributed by atoms with E-state index in [0.717, 1.165) is 75.0 Å². The summed E-state index contributed by atoms with van der Waals surface area (Å²) in [5.74, 6) is 0.978. The average Bonchev–Trinajstić information content (AvgIpc) is 3.10. The number of nitrogens with one attached hydrogen (secondary N) is 2. The van der Waals surface area contributed by atoms with E-state index in [4.69, 9.17) is 21.3 Å². The van der Waals surface area contributed by atoms with Crippen LogP contribution in [0.4, 0.5) is 5.69 Å². The molecule has 2 aliphatic rings. The molecule has 1 aromatic carbocycles.